The summed E-state index contributed by atoms with van der Waals surface area (Å²) in [5.74, 6) is 2.50. The number of rotatable bonds is 13. The zero-order valence-electron chi connectivity index (χ0n) is 23.3. The van der Waals surface area contributed by atoms with Crippen LogP contribution in [0.3, 0.4) is 0 Å². The number of nitrogens with zero attached hydrogens (tertiary/aromatic N) is 8. The molecule has 39 heavy (non-hydrogen) atoms. The van der Waals surface area contributed by atoms with Crippen molar-refractivity contribution in [2.45, 2.75) is 38.8 Å². The van der Waals surface area contributed by atoms with Gasteiger partial charge in [-0.15, -0.1) is 0 Å². The Morgan fingerprint density at radius 2 is 1.36 bits per heavy atom. The van der Waals surface area contributed by atoms with Crippen LogP contribution in [0.2, 0.25) is 0 Å². The first-order chi connectivity index (χ1) is 19.0. The van der Waals surface area contributed by atoms with Gasteiger partial charge in [0.15, 0.2) is 0 Å². The highest BCUT2D eigenvalue weighted by molar-refractivity contribution is 5.51. The van der Waals surface area contributed by atoms with E-state index < -0.39 is 0 Å². The van der Waals surface area contributed by atoms with Crippen LogP contribution < -0.4 is 18.8 Å². The summed E-state index contributed by atoms with van der Waals surface area (Å²) in [7, 11) is 7.70. The van der Waals surface area contributed by atoms with Gasteiger partial charge >= 0.3 is 11.8 Å². The molecule has 0 fully saturated rings. The van der Waals surface area contributed by atoms with E-state index in [-0.39, 0.29) is 0 Å². The molecule has 0 bridgehead atoms. The summed E-state index contributed by atoms with van der Waals surface area (Å²) in [6.45, 7) is 1.82. The van der Waals surface area contributed by atoms with Gasteiger partial charge in [0.25, 0.3) is 0 Å². The van der Waals surface area contributed by atoms with Gasteiger partial charge in [-0.25, -0.2) is 13.7 Å². The number of aromatic nitrogens is 3. The second kappa shape index (κ2) is 13.9. The van der Waals surface area contributed by atoms with Crippen molar-refractivity contribution in [2.24, 2.45) is 27.5 Å². The zero-order valence-corrected chi connectivity index (χ0v) is 23.3. The molecule has 9 nitrogen and oxygen atoms in total. The molecule has 2 aromatic heterocycles. The van der Waals surface area contributed by atoms with E-state index in [1.165, 1.54) is 0 Å². The van der Waals surface area contributed by atoms with Crippen LogP contribution in [0.25, 0.3) is 0 Å². The molecule has 9 heteroatoms. The molecule has 0 amide bonds. The first kappa shape index (κ1) is 27.6. The third-order valence-electron chi connectivity index (χ3n) is 6.47. The maximum absolute atomic E-state index is 5.21. The lowest BCUT2D eigenvalue weighted by atomic mass is 10.2. The fourth-order valence-corrected chi connectivity index (χ4v) is 4.16. The summed E-state index contributed by atoms with van der Waals surface area (Å²) in [6.07, 6.45) is 10.6. The Labute approximate surface area is 230 Å². The van der Waals surface area contributed by atoms with Gasteiger partial charge in [0, 0.05) is 31.0 Å². The third-order valence-corrected chi connectivity index (χ3v) is 6.47. The summed E-state index contributed by atoms with van der Waals surface area (Å²) < 4.78 is 11.5. The Morgan fingerprint density at radius 1 is 0.718 bits per heavy atom. The summed E-state index contributed by atoms with van der Waals surface area (Å²) in [6, 6.07) is 21.7. The van der Waals surface area contributed by atoms with Gasteiger partial charge in [0.05, 0.1) is 51.0 Å². The molecular formula is C30H38N8O+2. The zero-order chi connectivity index (χ0) is 27.5. The van der Waals surface area contributed by atoms with Crippen LogP contribution in [0, 0.1) is 0 Å². The number of azo groups is 2. The summed E-state index contributed by atoms with van der Waals surface area (Å²) in [4.78, 5) is 2.07. The molecule has 0 N–H and O–H groups in total. The number of aryl methyl sites for hydroxylation is 3. The summed E-state index contributed by atoms with van der Waals surface area (Å²) in [5, 5.41) is 17.8. The highest BCUT2D eigenvalue weighted by Gasteiger charge is 2.14. The van der Waals surface area contributed by atoms with E-state index in [9.17, 15) is 0 Å². The SMILES string of the molecule is COc1ccc(/N=N/c2n(C)cc[n+]2CCCCCC[n+]2ccccc2/N=N/c2ccc(N(C)C)cc2)cc1. The molecule has 0 atom stereocenters. The van der Waals surface area contributed by atoms with E-state index in [2.05, 4.69) is 46.9 Å². The average molecular weight is 527 g/mol. The van der Waals surface area contributed by atoms with Crippen molar-refractivity contribution < 1.29 is 13.9 Å². The fourth-order valence-electron chi connectivity index (χ4n) is 4.16. The van der Waals surface area contributed by atoms with Gasteiger partial charge in [0.1, 0.15) is 17.1 Å². The van der Waals surface area contributed by atoms with Gasteiger partial charge in [-0.3, -0.25) is 0 Å². The Kier molecular flexibility index (Phi) is 9.88. The van der Waals surface area contributed by atoms with Crippen molar-refractivity contribution in [3.63, 3.8) is 0 Å². The Morgan fingerprint density at radius 3 is 2.03 bits per heavy atom. The monoisotopic (exact) mass is 526 g/mol. The van der Waals surface area contributed by atoms with Crippen LogP contribution in [0.4, 0.5) is 28.8 Å². The fraction of sp³-hybridized carbons (Fsp3) is 0.333. The molecule has 0 unspecified atom stereocenters. The van der Waals surface area contributed by atoms with Crippen molar-refractivity contribution >= 4 is 28.8 Å². The third kappa shape index (κ3) is 8.04. The number of pyridine rings is 1. The topological polar surface area (TPSA) is 74.6 Å². The number of anilines is 1. The van der Waals surface area contributed by atoms with E-state index >= 15 is 0 Å². The molecule has 2 aromatic carbocycles. The molecule has 0 aliphatic heterocycles. The van der Waals surface area contributed by atoms with Crippen LogP contribution in [-0.4, -0.2) is 25.8 Å². The average Bonchev–Trinajstić information content (AvgIpc) is 3.32. The first-order valence-electron chi connectivity index (χ1n) is 13.3. The largest absolute Gasteiger partial charge is 0.497 e. The van der Waals surface area contributed by atoms with Gasteiger partial charge < -0.3 is 9.64 Å². The van der Waals surface area contributed by atoms with Crippen LogP contribution in [-0.2, 0) is 20.1 Å². The standard InChI is InChI=1S/C30H38N8O/c1-35(2)27-16-12-25(13-17-27)31-33-29-11-7-10-21-37(29)20-8-5-6-9-22-38-24-23-36(3)30(38)34-32-26-14-18-28(39-4)19-15-26/h7,10-19,21,23-24H,5-6,8-9,20,22H2,1-4H3/q+2. The number of methoxy groups -OCH3 is 1. The molecule has 0 spiro atoms. The molecule has 202 valence electrons. The molecule has 2 heterocycles. The van der Waals surface area contributed by atoms with Crippen molar-refractivity contribution in [2.75, 3.05) is 26.1 Å². The van der Waals surface area contributed by atoms with Crippen LogP contribution in [0.1, 0.15) is 25.7 Å². The van der Waals surface area contributed by atoms with Gasteiger partial charge in [-0.05, 0) is 79.0 Å². The van der Waals surface area contributed by atoms with Crippen LogP contribution >= 0.6 is 0 Å². The van der Waals surface area contributed by atoms with Crippen molar-refractivity contribution in [3.05, 3.63) is 85.3 Å². The number of ether oxygens (including phenoxy) is 1. The lowest BCUT2D eigenvalue weighted by Gasteiger charge is -2.11. The summed E-state index contributed by atoms with van der Waals surface area (Å²) >= 11 is 0. The van der Waals surface area contributed by atoms with E-state index in [0.717, 1.165) is 73.4 Å². The van der Waals surface area contributed by atoms with E-state index in [1.54, 1.807) is 7.11 Å². The van der Waals surface area contributed by atoms with E-state index in [1.807, 2.05) is 98.6 Å². The Bertz CT molecular complexity index is 1380. The molecule has 0 aliphatic rings. The van der Waals surface area contributed by atoms with Gasteiger partial charge in [-0.1, -0.05) is 17.6 Å². The Balaban J connectivity index is 1.24. The minimum absolute atomic E-state index is 0.795. The van der Waals surface area contributed by atoms with Crippen molar-refractivity contribution in [1.29, 1.82) is 0 Å². The highest BCUT2D eigenvalue weighted by Crippen LogP contribution is 2.21. The Hall–Kier alpha value is -4.40. The van der Waals surface area contributed by atoms with Gasteiger partial charge in [-0.2, -0.15) is 0 Å². The number of unbranched alkanes of at least 4 members (excludes halogenated alkanes) is 3. The molecule has 4 aromatic rings. The molecule has 0 saturated carbocycles. The maximum atomic E-state index is 5.21. The molecule has 4 rings (SSSR count). The predicted molar refractivity (Wildman–Crippen MR) is 153 cm³/mol. The normalized spacial score (nSPS) is 11.5. The lowest BCUT2D eigenvalue weighted by Crippen LogP contribution is -2.33. The lowest BCUT2D eigenvalue weighted by molar-refractivity contribution is -0.686. The summed E-state index contributed by atoms with van der Waals surface area (Å²) in [5.41, 5.74) is 2.78. The van der Waals surface area contributed by atoms with Crippen LogP contribution in [0.15, 0.2) is 106 Å². The van der Waals surface area contributed by atoms with E-state index in [0.29, 0.717) is 0 Å². The minimum atomic E-state index is 0.795. The number of hydrogen-bond donors (Lipinski definition) is 0. The quantitative estimate of drug-likeness (QED) is 0.110. The first-order valence-corrected chi connectivity index (χ1v) is 13.3. The van der Waals surface area contributed by atoms with Crippen molar-refractivity contribution in [1.82, 2.24) is 4.57 Å². The number of benzene rings is 2. The van der Waals surface area contributed by atoms with Crippen LogP contribution in [0.5, 0.6) is 5.75 Å². The predicted octanol–water partition coefficient (Wildman–Crippen LogP) is 6.77. The van der Waals surface area contributed by atoms with E-state index in [4.69, 9.17) is 4.74 Å². The van der Waals surface area contributed by atoms with Gasteiger partial charge in [0.2, 0.25) is 0 Å². The maximum Gasteiger partial charge on any atom is 0.421 e. The second-order valence-corrected chi connectivity index (χ2v) is 9.58. The van der Waals surface area contributed by atoms with Crippen molar-refractivity contribution in [3.8, 4) is 5.75 Å². The molecule has 0 aliphatic carbocycles. The second-order valence-electron chi connectivity index (χ2n) is 9.58. The molecule has 0 saturated heterocycles. The smallest absolute Gasteiger partial charge is 0.421 e. The number of hydrogen-bond acceptors (Lipinski definition) is 6. The molecule has 0 radical (unpaired) electrons. The molecular weight excluding hydrogens is 488 g/mol. The number of imidazole rings is 1. The highest BCUT2D eigenvalue weighted by atomic mass is 16.5. The minimum Gasteiger partial charge on any atom is -0.497 e.